The summed E-state index contributed by atoms with van der Waals surface area (Å²) in [5.41, 5.74) is 11.2. The van der Waals surface area contributed by atoms with Crippen LogP contribution in [0.5, 0.6) is 0 Å². The molecule has 114 valence electrons. The smallest absolute Gasteiger partial charge is 0.0492 e. The van der Waals surface area contributed by atoms with Crippen molar-refractivity contribution in [2.75, 3.05) is 11.1 Å². The summed E-state index contributed by atoms with van der Waals surface area (Å²) >= 11 is 0. The van der Waals surface area contributed by atoms with Gasteiger partial charge in [-0.2, -0.15) is 0 Å². The van der Waals surface area contributed by atoms with E-state index in [1.165, 1.54) is 21.8 Å². The summed E-state index contributed by atoms with van der Waals surface area (Å²) in [4.78, 5) is 0. The minimum atomic E-state index is 0.775. The molecule has 0 saturated heterocycles. The zero-order valence-electron chi connectivity index (χ0n) is 13.1. The summed E-state index contributed by atoms with van der Waals surface area (Å²) in [5, 5.41) is 6.03. The van der Waals surface area contributed by atoms with Gasteiger partial charge in [-0.15, -0.1) is 0 Å². The molecule has 3 aromatic carbocycles. The van der Waals surface area contributed by atoms with Crippen LogP contribution >= 0.6 is 0 Å². The fraction of sp³-hybridized carbons (Fsp3) is 0.100. The van der Waals surface area contributed by atoms with Crippen LogP contribution in [-0.4, -0.2) is 4.57 Å². The number of nitrogen functional groups attached to an aromatic ring is 1. The van der Waals surface area contributed by atoms with E-state index in [-0.39, 0.29) is 0 Å². The minimum absolute atomic E-state index is 0.775. The van der Waals surface area contributed by atoms with Gasteiger partial charge < -0.3 is 15.6 Å². The highest BCUT2D eigenvalue weighted by atomic mass is 15.0. The number of hydrogen-bond donors (Lipinski definition) is 2. The number of nitrogens with zero attached hydrogens (tertiary/aromatic N) is 1. The van der Waals surface area contributed by atoms with Crippen molar-refractivity contribution in [1.82, 2.24) is 4.57 Å². The Morgan fingerprint density at radius 3 is 2.30 bits per heavy atom. The van der Waals surface area contributed by atoms with Crippen LogP contribution in [0.15, 0.2) is 66.7 Å². The fourth-order valence-electron chi connectivity index (χ4n) is 3.21. The van der Waals surface area contributed by atoms with E-state index in [2.05, 4.69) is 59.3 Å². The Balaban J connectivity index is 1.84. The van der Waals surface area contributed by atoms with Crippen molar-refractivity contribution in [1.29, 1.82) is 0 Å². The van der Waals surface area contributed by atoms with E-state index in [9.17, 15) is 0 Å². The lowest BCUT2D eigenvalue weighted by molar-refractivity contribution is 0.827. The number of nitrogens with two attached hydrogens (primary N) is 1. The molecule has 0 spiro atoms. The topological polar surface area (TPSA) is 43.0 Å². The molecule has 3 heteroatoms. The summed E-state index contributed by atoms with van der Waals surface area (Å²) in [6.07, 6.45) is 0. The molecule has 0 aliphatic carbocycles. The lowest BCUT2D eigenvalue weighted by Crippen LogP contribution is -1.94. The molecule has 0 amide bonds. The molecule has 3 N–H and O–H groups in total. The van der Waals surface area contributed by atoms with Gasteiger partial charge in [-0.25, -0.2) is 0 Å². The van der Waals surface area contributed by atoms with Crippen molar-refractivity contribution in [2.45, 2.75) is 13.5 Å². The normalized spacial score (nSPS) is 11.2. The largest absolute Gasteiger partial charge is 0.399 e. The van der Waals surface area contributed by atoms with Crippen LogP contribution in [0.3, 0.4) is 0 Å². The Bertz CT molecular complexity index is 981. The first-order chi connectivity index (χ1) is 11.3. The van der Waals surface area contributed by atoms with Gasteiger partial charge in [0.25, 0.3) is 0 Å². The number of anilines is 3. The molecule has 3 nitrogen and oxygen atoms in total. The molecule has 1 aromatic heterocycles. The van der Waals surface area contributed by atoms with E-state index in [0.29, 0.717) is 0 Å². The van der Waals surface area contributed by atoms with E-state index >= 15 is 0 Å². The van der Waals surface area contributed by atoms with Gasteiger partial charge in [0.15, 0.2) is 0 Å². The van der Waals surface area contributed by atoms with Gasteiger partial charge in [0.2, 0.25) is 0 Å². The summed E-state index contributed by atoms with van der Waals surface area (Å²) < 4.78 is 2.36. The molecule has 23 heavy (non-hydrogen) atoms. The van der Waals surface area contributed by atoms with Crippen LogP contribution in [0.1, 0.15) is 6.92 Å². The highest BCUT2D eigenvalue weighted by Gasteiger charge is 2.09. The lowest BCUT2D eigenvalue weighted by Gasteiger charge is -2.08. The zero-order chi connectivity index (χ0) is 15.8. The third-order valence-corrected chi connectivity index (χ3v) is 4.29. The Morgan fingerprint density at radius 2 is 1.52 bits per heavy atom. The summed E-state index contributed by atoms with van der Waals surface area (Å²) in [7, 11) is 0. The second-order valence-corrected chi connectivity index (χ2v) is 5.74. The standard InChI is InChI=1S/C20H19N3/c1-2-23-19-6-4-3-5-17(19)18-13-16(11-12-20(18)23)22-15-9-7-14(21)8-10-15/h3-13,22H,2,21H2,1H3. The molecular formula is C20H19N3. The van der Waals surface area contributed by atoms with E-state index in [1.54, 1.807) is 0 Å². The van der Waals surface area contributed by atoms with Gasteiger partial charge >= 0.3 is 0 Å². The minimum Gasteiger partial charge on any atom is -0.399 e. The molecule has 0 aliphatic rings. The molecule has 4 aromatic rings. The monoisotopic (exact) mass is 301 g/mol. The van der Waals surface area contributed by atoms with Crippen molar-refractivity contribution >= 4 is 38.9 Å². The number of rotatable bonds is 3. The summed E-state index contributed by atoms with van der Waals surface area (Å²) in [6, 6.07) is 22.9. The Hall–Kier alpha value is -2.94. The van der Waals surface area contributed by atoms with Crippen LogP contribution in [0.4, 0.5) is 17.1 Å². The Kier molecular flexibility index (Phi) is 3.19. The van der Waals surface area contributed by atoms with Gasteiger partial charge in [-0.05, 0) is 55.5 Å². The maximum absolute atomic E-state index is 5.74. The van der Waals surface area contributed by atoms with Gasteiger partial charge in [-0.1, -0.05) is 18.2 Å². The summed E-state index contributed by atoms with van der Waals surface area (Å²) in [5.74, 6) is 0. The molecule has 1 heterocycles. The van der Waals surface area contributed by atoms with E-state index in [0.717, 1.165) is 23.6 Å². The number of aryl methyl sites for hydroxylation is 1. The van der Waals surface area contributed by atoms with Crippen molar-refractivity contribution in [3.63, 3.8) is 0 Å². The molecule has 0 unspecified atom stereocenters. The first kappa shape index (κ1) is 13.7. The molecule has 0 atom stereocenters. The van der Waals surface area contributed by atoms with E-state index < -0.39 is 0 Å². The first-order valence-corrected chi connectivity index (χ1v) is 7.90. The predicted molar refractivity (Wildman–Crippen MR) is 99.3 cm³/mol. The maximum Gasteiger partial charge on any atom is 0.0492 e. The SMILES string of the molecule is CCn1c2ccccc2c2cc(Nc3ccc(N)cc3)ccc21. The molecule has 0 aliphatic heterocycles. The van der Waals surface area contributed by atoms with E-state index in [4.69, 9.17) is 5.73 Å². The number of para-hydroxylation sites is 1. The molecule has 0 bridgehead atoms. The van der Waals surface area contributed by atoms with Crippen molar-refractivity contribution < 1.29 is 0 Å². The van der Waals surface area contributed by atoms with Crippen LogP contribution < -0.4 is 11.1 Å². The number of nitrogens with one attached hydrogen (secondary N) is 1. The average Bonchev–Trinajstić information content (AvgIpc) is 2.90. The van der Waals surface area contributed by atoms with Gasteiger partial charge in [0, 0.05) is 45.4 Å². The quantitative estimate of drug-likeness (QED) is 0.514. The Morgan fingerprint density at radius 1 is 0.826 bits per heavy atom. The average molecular weight is 301 g/mol. The molecular weight excluding hydrogens is 282 g/mol. The molecule has 0 fully saturated rings. The number of fused-ring (bicyclic) bond motifs is 3. The number of hydrogen-bond acceptors (Lipinski definition) is 2. The summed E-state index contributed by atoms with van der Waals surface area (Å²) in [6.45, 7) is 3.15. The van der Waals surface area contributed by atoms with Gasteiger partial charge in [0.05, 0.1) is 0 Å². The van der Waals surface area contributed by atoms with Crippen molar-refractivity contribution in [2.24, 2.45) is 0 Å². The predicted octanol–water partition coefficient (Wildman–Crippen LogP) is 5.14. The first-order valence-electron chi connectivity index (χ1n) is 7.90. The van der Waals surface area contributed by atoms with Gasteiger partial charge in [-0.3, -0.25) is 0 Å². The third-order valence-electron chi connectivity index (χ3n) is 4.29. The number of aromatic nitrogens is 1. The molecule has 0 saturated carbocycles. The fourth-order valence-corrected chi connectivity index (χ4v) is 3.21. The molecule has 4 rings (SSSR count). The van der Waals surface area contributed by atoms with Gasteiger partial charge in [0.1, 0.15) is 0 Å². The van der Waals surface area contributed by atoms with Crippen LogP contribution in [0.2, 0.25) is 0 Å². The zero-order valence-corrected chi connectivity index (χ0v) is 13.1. The van der Waals surface area contributed by atoms with Crippen molar-refractivity contribution in [3.05, 3.63) is 66.7 Å². The Labute approximate surface area is 135 Å². The molecule has 0 radical (unpaired) electrons. The lowest BCUT2D eigenvalue weighted by atomic mass is 10.1. The maximum atomic E-state index is 5.74. The van der Waals surface area contributed by atoms with Crippen LogP contribution in [0.25, 0.3) is 21.8 Å². The van der Waals surface area contributed by atoms with Crippen LogP contribution in [-0.2, 0) is 6.54 Å². The van der Waals surface area contributed by atoms with Crippen molar-refractivity contribution in [3.8, 4) is 0 Å². The van der Waals surface area contributed by atoms with E-state index in [1.807, 2.05) is 24.3 Å². The highest BCUT2D eigenvalue weighted by molar-refractivity contribution is 6.09. The second kappa shape index (κ2) is 5.36. The number of benzene rings is 3. The second-order valence-electron chi connectivity index (χ2n) is 5.74. The highest BCUT2D eigenvalue weighted by Crippen LogP contribution is 2.31. The third kappa shape index (κ3) is 2.30. The van der Waals surface area contributed by atoms with Crippen LogP contribution in [0, 0.1) is 0 Å².